The molecule has 0 aliphatic carbocycles. The van der Waals surface area contributed by atoms with Gasteiger partial charge in [-0.1, -0.05) is 13.3 Å². The van der Waals surface area contributed by atoms with Crippen molar-refractivity contribution in [3.05, 3.63) is 23.3 Å². The molecule has 138 valence electrons. The number of rotatable bonds is 5. The molecule has 0 aromatic heterocycles. The van der Waals surface area contributed by atoms with Gasteiger partial charge in [-0.2, -0.15) is 0 Å². The van der Waals surface area contributed by atoms with E-state index in [0.29, 0.717) is 24.3 Å². The largest absolute Gasteiger partial charge is 0.493 e. The average molecular weight is 347 g/mol. The van der Waals surface area contributed by atoms with Gasteiger partial charge < -0.3 is 14.2 Å². The molecule has 3 atom stereocenters. The van der Waals surface area contributed by atoms with Gasteiger partial charge in [0.1, 0.15) is 0 Å². The first-order valence-corrected chi connectivity index (χ1v) is 9.16. The number of carbonyl (C=O) groups is 1. The second-order valence-electron chi connectivity index (χ2n) is 7.11. The number of benzene rings is 1. The first-order chi connectivity index (χ1) is 12.1. The molecule has 0 N–H and O–H groups in total. The first kappa shape index (κ1) is 18.1. The lowest BCUT2D eigenvalue weighted by molar-refractivity contribution is -0.143. The van der Waals surface area contributed by atoms with Crippen LogP contribution in [0.4, 0.5) is 0 Å². The van der Waals surface area contributed by atoms with Crippen LogP contribution in [0.3, 0.4) is 0 Å². The van der Waals surface area contributed by atoms with Crippen LogP contribution in [0.2, 0.25) is 0 Å². The van der Waals surface area contributed by atoms with Crippen molar-refractivity contribution < 1.29 is 19.0 Å². The Kier molecular flexibility index (Phi) is 5.52. The van der Waals surface area contributed by atoms with Gasteiger partial charge in [-0.25, -0.2) is 0 Å². The highest BCUT2D eigenvalue weighted by Crippen LogP contribution is 2.45. The maximum atomic E-state index is 11.9. The second-order valence-corrected chi connectivity index (χ2v) is 7.11. The van der Waals surface area contributed by atoms with Gasteiger partial charge in [0.15, 0.2) is 11.5 Å². The average Bonchev–Trinajstić information content (AvgIpc) is 2.65. The van der Waals surface area contributed by atoms with Gasteiger partial charge >= 0.3 is 5.97 Å². The first-order valence-electron chi connectivity index (χ1n) is 9.16. The predicted molar refractivity (Wildman–Crippen MR) is 96.1 cm³/mol. The summed E-state index contributed by atoms with van der Waals surface area (Å²) in [4.78, 5) is 14.4. The van der Waals surface area contributed by atoms with Crippen molar-refractivity contribution in [2.45, 2.75) is 38.6 Å². The van der Waals surface area contributed by atoms with Gasteiger partial charge in [-0.05, 0) is 47.9 Å². The third-order valence-corrected chi connectivity index (χ3v) is 5.96. The maximum Gasteiger partial charge on any atom is 0.305 e. The summed E-state index contributed by atoms with van der Waals surface area (Å²) < 4.78 is 15.9. The molecule has 0 bridgehead atoms. The molecule has 25 heavy (non-hydrogen) atoms. The molecule has 0 saturated carbocycles. The van der Waals surface area contributed by atoms with Crippen molar-refractivity contribution in [2.24, 2.45) is 11.8 Å². The molecule has 2 aliphatic rings. The smallest absolute Gasteiger partial charge is 0.305 e. The fourth-order valence-electron chi connectivity index (χ4n) is 4.51. The summed E-state index contributed by atoms with van der Waals surface area (Å²) in [5.74, 6) is 2.41. The van der Waals surface area contributed by atoms with Gasteiger partial charge in [0.2, 0.25) is 0 Å². The van der Waals surface area contributed by atoms with E-state index in [4.69, 9.17) is 14.2 Å². The Balaban J connectivity index is 1.90. The van der Waals surface area contributed by atoms with E-state index in [1.165, 1.54) is 18.2 Å². The van der Waals surface area contributed by atoms with E-state index in [0.717, 1.165) is 43.9 Å². The molecule has 2 heterocycles. The third kappa shape index (κ3) is 3.47. The molecule has 2 aliphatic heterocycles. The van der Waals surface area contributed by atoms with Crippen LogP contribution < -0.4 is 9.47 Å². The lowest BCUT2D eigenvalue weighted by atomic mass is 9.74. The van der Waals surface area contributed by atoms with Crippen molar-refractivity contribution in [1.82, 2.24) is 4.90 Å². The molecule has 1 aromatic rings. The molecule has 5 heteroatoms. The fraction of sp³-hybridized carbons (Fsp3) is 0.650. The van der Waals surface area contributed by atoms with Gasteiger partial charge in [0.05, 0.1) is 21.3 Å². The predicted octanol–water partition coefficient (Wildman–Crippen LogP) is 3.21. The zero-order chi connectivity index (χ0) is 18.0. The summed E-state index contributed by atoms with van der Waals surface area (Å²) in [5, 5.41) is 0. The summed E-state index contributed by atoms with van der Waals surface area (Å²) in [7, 11) is 4.84. The highest BCUT2D eigenvalue weighted by molar-refractivity contribution is 5.69. The number of esters is 1. The van der Waals surface area contributed by atoms with Crippen molar-refractivity contribution in [2.75, 3.05) is 34.4 Å². The Labute approximate surface area is 150 Å². The molecular weight excluding hydrogens is 318 g/mol. The fourth-order valence-corrected chi connectivity index (χ4v) is 4.51. The molecule has 1 aromatic carbocycles. The summed E-state index contributed by atoms with van der Waals surface area (Å²) in [6, 6.07) is 4.60. The topological polar surface area (TPSA) is 48.0 Å². The third-order valence-electron chi connectivity index (χ3n) is 5.96. The Morgan fingerprint density at radius 2 is 1.88 bits per heavy atom. The van der Waals surface area contributed by atoms with E-state index < -0.39 is 0 Å². The van der Waals surface area contributed by atoms with Crippen LogP contribution in [-0.2, 0) is 16.0 Å². The number of nitrogens with zero attached hydrogens (tertiary/aromatic N) is 1. The van der Waals surface area contributed by atoms with Gasteiger partial charge in [0.25, 0.3) is 0 Å². The van der Waals surface area contributed by atoms with Crippen LogP contribution in [0.15, 0.2) is 12.1 Å². The van der Waals surface area contributed by atoms with E-state index in [1.807, 2.05) is 0 Å². The summed E-state index contributed by atoms with van der Waals surface area (Å²) in [6.07, 6.45) is 3.64. The minimum absolute atomic E-state index is 0.0970. The highest BCUT2D eigenvalue weighted by Gasteiger charge is 2.39. The van der Waals surface area contributed by atoms with Crippen LogP contribution >= 0.6 is 0 Å². The number of hydrogen-bond acceptors (Lipinski definition) is 5. The minimum atomic E-state index is -0.0970. The standard InChI is InChI=1S/C20H29NO4/c1-5-13-12-21-7-6-14-9-18(23-2)19(24-3)11-16(14)17(21)8-15(13)10-20(22)25-4/h9,11,13,15,17H,5-8,10,12H2,1-4H3/t13-,15-,17+/m1/s1. The van der Waals surface area contributed by atoms with Crippen LogP contribution in [0, 0.1) is 11.8 Å². The molecule has 0 spiro atoms. The molecule has 5 nitrogen and oxygen atoms in total. The van der Waals surface area contributed by atoms with Crippen LogP contribution in [-0.4, -0.2) is 45.3 Å². The van der Waals surface area contributed by atoms with Crippen LogP contribution in [0.1, 0.15) is 43.4 Å². The lowest BCUT2D eigenvalue weighted by Crippen LogP contribution is -2.46. The summed E-state index contributed by atoms with van der Waals surface area (Å²) in [5.41, 5.74) is 2.67. The Hall–Kier alpha value is -1.75. The minimum Gasteiger partial charge on any atom is -0.493 e. The quantitative estimate of drug-likeness (QED) is 0.766. The van der Waals surface area contributed by atoms with Crippen LogP contribution in [0.5, 0.6) is 11.5 Å². The number of carbonyl (C=O) groups excluding carboxylic acids is 1. The zero-order valence-corrected chi connectivity index (χ0v) is 15.7. The normalized spacial score (nSPS) is 25.7. The van der Waals surface area contributed by atoms with E-state index in [1.54, 1.807) is 14.2 Å². The lowest BCUT2D eigenvalue weighted by Gasteiger charge is -2.47. The molecule has 3 rings (SSSR count). The molecule has 0 radical (unpaired) electrons. The van der Waals surface area contributed by atoms with Gasteiger partial charge in [-0.3, -0.25) is 9.69 Å². The van der Waals surface area contributed by atoms with Crippen LogP contribution in [0.25, 0.3) is 0 Å². The number of methoxy groups -OCH3 is 3. The maximum absolute atomic E-state index is 11.9. The molecular formula is C20H29NO4. The van der Waals surface area contributed by atoms with E-state index in [2.05, 4.69) is 24.0 Å². The van der Waals surface area contributed by atoms with E-state index in [9.17, 15) is 4.79 Å². The SMILES string of the molecule is CC[C@@H]1CN2CCc3cc(OC)c(OC)cc3[C@@H]2C[C@@H]1CC(=O)OC. The Morgan fingerprint density at radius 3 is 2.52 bits per heavy atom. The number of fused-ring (bicyclic) bond motifs is 3. The zero-order valence-electron chi connectivity index (χ0n) is 15.7. The summed E-state index contributed by atoms with van der Waals surface area (Å²) in [6.45, 7) is 4.34. The molecule has 1 fully saturated rings. The van der Waals surface area contributed by atoms with Crippen molar-refractivity contribution in [1.29, 1.82) is 0 Å². The highest BCUT2D eigenvalue weighted by atomic mass is 16.5. The molecule has 0 unspecified atom stereocenters. The van der Waals surface area contributed by atoms with Gasteiger partial charge in [-0.15, -0.1) is 0 Å². The number of ether oxygens (including phenoxy) is 3. The summed E-state index contributed by atoms with van der Waals surface area (Å²) >= 11 is 0. The van der Waals surface area contributed by atoms with Crippen molar-refractivity contribution in [3.8, 4) is 11.5 Å². The van der Waals surface area contributed by atoms with Crippen molar-refractivity contribution >= 4 is 5.97 Å². The Bertz CT molecular complexity index is 630. The van der Waals surface area contributed by atoms with E-state index in [-0.39, 0.29) is 5.97 Å². The van der Waals surface area contributed by atoms with Gasteiger partial charge in [0, 0.05) is 25.6 Å². The second kappa shape index (κ2) is 7.65. The molecule has 0 amide bonds. The molecule has 1 saturated heterocycles. The van der Waals surface area contributed by atoms with E-state index >= 15 is 0 Å². The number of hydrogen-bond donors (Lipinski definition) is 0. The van der Waals surface area contributed by atoms with Crippen molar-refractivity contribution in [3.63, 3.8) is 0 Å². The Morgan fingerprint density at radius 1 is 1.16 bits per heavy atom. The monoisotopic (exact) mass is 347 g/mol. The number of piperidine rings is 1.